The van der Waals surface area contributed by atoms with Gasteiger partial charge in [0.15, 0.2) is 0 Å². The molecule has 128 valence electrons. The lowest BCUT2D eigenvalue weighted by Gasteiger charge is -2.26. The number of anilines is 1. The molecule has 1 heterocycles. The van der Waals surface area contributed by atoms with Crippen molar-refractivity contribution in [1.82, 2.24) is 10.2 Å². The second-order valence-corrected chi connectivity index (χ2v) is 8.47. The van der Waals surface area contributed by atoms with Crippen molar-refractivity contribution in [1.29, 1.82) is 0 Å². The quantitative estimate of drug-likeness (QED) is 0.811. The molecule has 0 saturated carbocycles. The lowest BCUT2D eigenvalue weighted by atomic mass is 10.3. The van der Waals surface area contributed by atoms with Gasteiger partial charge in [-0.05, 0) is 24.3 Å². The molecule has 2 rings (SSSR count). The maximum absolute atomic E-state index is 11.9. The molecule has 0 atom stereocenters. The smallest absolute Gasteiger partial charge is 0.319 e. The van der Waals surface area contributed by atoms with Crippen LogP contribution in [0, 0.1) is 0 Å². The largest absolute Gasteiger partial charge is 0.379 e. The third kappa shape index (κ3) is 7.24. The fourth-order valence-electron chi connectivity index (χ4n) is 2.29. The fourth-order valence-corrected chi connectivity index (χ4v) is 3.27. The van der Waals surface area contributed by atoms with Gasteiger partial charge in [-0.15, -0.1) is 11.8 Å². The van der Waals surface area contributed by atoms with Crippen molar-refractivity contribution in [2.75, 3.05) is 44.7 Å². The number of thioether (sulfide) groups is 1. The number of carbonyl (C=O) groups excluding carboxylic acids is 1. The van der Waals surface area contributed by atoms with Crippen LogP contribution in [0.15, 0.2) is 29.2 Å². The third-order valence-electron chi connectivity index (χ3n) is 3.35. The van der Waals surface area contributed by atoms with E-state index in [0.29, 0.717) is 6.54 Å². The number of nitrogens with zero attached hydrogens (tertiary/aromatic N) is 1. The van der Waals surface area contributed by atoms with Crippen molar-refractivity contribution in [2.24, 2.45) is 0 Å². The van der Waals surface area contributed by atoms with E-state index >= 15 is 0 Å². The minimum Gasteiger partial charge on any atom is -0.379 e. The van der Waals surface area contributed by atoms with E-state index in [9.17, 15) is 4.79 Å². The molecule has 1 fully saturated rings. The van der Waals surface area contributed by atoms with Gasteiger partial charge >= 0.3 is 6.03 Å². The summed E-state index contributed by atoms with van der Waals surface area (Å²) < 4.78 is 5.49. The molecule has 0 bridgehead atoms. The Hall–Kier alpha value is -1.24. The Morgan fingerprint density at radius 3 is 2.48 bits per heavy atom. The molecule has 1 aliphatic heterocycles. The molecule has 2 N–H and O–H groups in total. The summed E-state index contributed by atoms with van der Waals surface area (Å²) in [4.78, 5) is 15.4. The summed E-state index contributed by atoms with van der Waals surface area (Å²) in [6.45, 7) is 11.5. The highest BCUT2D eigenvalue weighted by Gasteiger charge is 2.12. The van der Waals surface area contributed by atoms with E-state index in [1.807, 2.05) is 36.0 Å². The van der Waals surface area contributed by atoms with Crippen molar-refractivity contribution in [3.63, 3.8) is 0 Å². The Morgan fingerprint density at radius 2 is 1.87 bits per heavy atom. The summed E-state index contributed by atoms with van der Waals surface area (Å²) in [7, 11) is 0. The van der Waals surface area contributed by atoms with Crippen LogP contribution in [0.2, 0.25) is 0 Å². The molecule has 1 aliphatic rings. The van der Waals surface area contributed by atoms with E-state index in [4.69, 9.17) is 4.74 Å². The number of hydrogen-bond donors (Lipinski definition) is 2. The number of nitrogens with one attached hydrogen (secondary N) is 2. The number of morpholine rings is 1. The van der Waals surface area contributed by atoms with Gasteiger partial charge in [0.05, 0.1) is 13.2 Å². The van der Waals surface area contributed by atoms with Crippen LogP contribution in [-0.4, -0.2) is 55.1 Å². The number of hydrogen-bond acceptors (Lipinski definition) is 4. The first-order valence-electron chi connectivity index (χ1n) is 8.06. The van der Waals surface area contributed by atoms with Crippen molar-refractivity contribution in [3.8, 4) is 0 Å². The predicted octanol–water partition coefficient (Wildman–Crippen LogP) is 3.03. The van der Waals surface area contributed by atoms with E-state index in [0.717, 1.165) is 38.5 Å². The Morgan fingerprint density at radius 1 is 1.22 bits per heavy atom. The first-order chi connectivity index (χ1) is 10.9. The second-order valence-electron chi connectivity index (χ2n) is 6.57. The second kappa shape index (κ2) is 8.57. The van der Waals surface area contributed by atoms with Crippen LogP contribution in [0.1, 0.15) is 20.8 Å². The molecule has 0 aromatic heterocycles. The number of ether oxygens (including phenoxy) is 1. The fraction of sp³-hybridized carbons (Fsp3) is 0.588. The van der Waals surface area contributed by atoms with Crippen LogP contribution >= 0.6 is 11.8 Å². The predicted molar refractivity (Wildman–Crippen MR) is 96.3 cm³/mol. The average Bonchev–Trinajstić information content (AvgIpc) is 2.49. The minimum absolute atomic E-state index is 0.158. The van der Waals surface area contributed by atoms with Gasteiger partial charge in [0.1, 0.15) is 0 Å². The number of carbonyl (C=O) groups is 1. The van der Waals surface area contributed by atoms with Gasteiger partial charge in [0.2, 0.25) is 0 Å². The Balaban J connectivity index is 1.70. The van der Waals surface area contributed by atoms with Crippen molar-refractivity contribution in [2.45, 2.75) is 30.4 Å². The Labute approximate surface area is 143 Å². The number of amides is 2. The molecular weight excluding hydrogens is 310 g/mol. The maximum Gasteiger partial charge on any atom is 0.319 e. The van der Waals surface area contributed by atoms with E-state index in [1.54, 1.807) is 0 Å². The lowest BCUT2D eigenvalue weighted by molar-refractivity contribution is 0.0388. The van der Waals surface area contributed by atoms with Crippen LogP contribution in [-0.2, 0) is 4.74 Å². The molecule has 6 heteroatoms. The molecule has 0 unspecified atom stereocenters. The summed E-state index contributed by atoms with van der Waals surface area (Å²) in [6, 6.07) is 7.80. The van der Waals surface area contributed by atoms with Crippen molar-refractivity contribution in [3.05, 3.63) is 24.3 Å². The van der Waals surface area contributed by atoms with E-state index in [-0.39, 0.29) is 10.8 Å². The number of urea groups is 1. The zero-order valence-electron chi connectivity index (χ0n) is 14.2. The highest BCUT2D eigenvalue weighted by atomic mass is 32.2. The molecule has 2 amide bonds. The number of rotatable bonds is 5. The minimum atomic E-state index is -0.158. The van der Waals surface area contributed by atoms with E-state index in [1.165, 1.54) is 4.90 Å². The van der Waals surface area contributed by atoms with Crippen molar-refractivity contribution < 1.29 is 9.53 Å². The highest BCUT2D eigenvalue weighted by molar-refractivity contribution is 8.00. The van der Waals surface area contributed by atoms with E-state index in [2.05, 4.69) is 36.3 Å². The molecule has 1 aromatic carbocycles. The number of benzene rings is 1. The van der Waals surface area contributed by atoms with E-state index < -0.39 is 0 Å². The Kier molecular flexibility index (Phi) is 6.74. The van der Waals surface area contributed by atoms with Gasteiger partial charge in [-0.25, -0.2) is 4.79 Å². The highest BCUT2D eigenvalue weighted by Crippen LogP contribution is 2.32. The topological polar surface area (TPSA) is 53.6 Å². The average molecular weight is 337 g/mol. The molecule has 0 spiro atoms. The SMILES string of the molecule is CC(C)(C)Sc1ccc(NC(=O)NCCN2CCOCC2)cc1. The molecule has 23 heavy (non-hydrogen) atoms. The van der Waals surface area contributed by atoms with Gasteiger partial charge in [-0.2, -0.15) is 0 Å². The van der Waals surface area contributed by atoms with Crippen LogP contribution < -0.4 is 10.6 Å². The summed E-state index contributed by atoms with van der Waals surface area (Å²) in [5, 5.41) is 5.76. The molecular formula is C17H27N3O2S. The van der Waals surface area contributed by atoms with Crippen molar-refractivity contribution >= 4 is 23.5 Å². The summed E-state index contributed by atoms with van der Waals surface area (Å²) in [5.41, 5.74) is 0.812. The monoisotopic (exact) mass is 337 g/mol. The zero-order chi connectivity index (χ0) is 16.7. The van der Waals surface area contributed by atoms with Gasteiger partial charge < -0.3 is 15.4 Å². The molecule has 1 aromatic rings. The molecule has 0 aliphatic carbocycles. The van der Waals surface area contributed by atoms with Gasteiger partial charge in [-0.3, -0.25) is 4.90 Å². The normalized spacial score (nSPS) is 16.1. The third-order valence-corrected chi connectivity index (χ3v) is 4.47. The summed E-state index contributed by atoms with van der Waals surface area (Å²) in [5.74, 6) is 0. The van der Waals surface area contributed by atoms with Gasteiger partial charge in [-0.1, -0.05) is 20.8 Å². The standard InChI is InChI=1S/C17H27N3O2S/c1-17(2,3)23-15-6-4-14(5-7-15)19-16(21)18-8-9-20-10-12-22-13-11-20/h4-7H,8-13H2,1-3H3,(H2,18,19,21). The van der Waals surface area contributed by atoms with Crippen LogP contribution in [0.5, 0.6) is 0 Å². The maximum atomic E-state index is 11.9. The molecule has 1 saturated heterocycles. The van der Waals surface area contributed by atoms with Crippen LogP contribution in [0.3, 0.4) is 0 Å². The van der Waals surface area contributed by atoms with Crippen LogP contribution in [0.25, 0.3) is 0 Å². The van der Waals surface area contributed by atoms with Gasteiger partial charge in [0.25, 0.3) is 0 Å². The molecule has 5 nitrogen and oxygen atoms in total. The molecule has 0 radical (unpaired) electrons. The zero-order valence-corrected chi connectivity index (χ0v) is 15.0. The van der Waals surface area contributed by atoms with Gasteiger partial charge in [0, 0.05) is 41.5 Å². The van der Waals surface area contributed by atoms with Crippen LogP contribution in [0.4, 0.5) is 10.5 Å². The lowest BCUT2D eigenvalue weighted by Crippen LogP contribution is -2.42. The summed E-state index contributed by atoms with van der Waals surface area (Å²) >= 11 is 1.81. The first-order valence-corrected chi connectivity index (χ1v) is 8.88. The first kappa shape index (κ1) is 18.1. The summed E-state index contributed by atoms with van der Waals surface area (Å²) in [6.07, 6.45) is 0. The Bertz CT molecular complexity index is 494.